The van der Waals surface area contributed by atoms with Crippen molar-refractivity contribution in [2.45, 2.75) is 6.92 Å². The third-order valence-corrected chi connectivity index (χ3v) is 4.72. The number of methoxy groups -OCH3 is 1. The van der Waals surface area contributed by atoms with Crippen LogP contribution in [0.1, 0.15) is 16.2 Å². The van der Waals surface area contributed by atoms with E-state index in [1.54, 1.807) is 25.1 Å². The molecule has 9 heteroatoms. The van der Waals surface area contributed by atoms with Gasteiger partial charge in [0.15, 0.2) is 11.2 Å². The molecule has 1 aliphatic heterocycles. The number of aromatic amines is 1. The number of anilines is 1. The minimum atomic E-state index is -0.363. The van der Waals surface area contributed by atoms with Crippen molar-refractivity contribution in [3.05, 3.63) is 52.2 Å². The lowest BCUT2D eigenvalue weighted by atomic mass is 10.2. The molecule has 1 saturated heterocycles. The van der Waals surface area contributed by atoms with E-state index in [1.165, 1.54) is 4.52 Å². The molecule has 1 N–H and O–H groups in total. The number of aromatic nitrogens is 4. The van der Waals surface area contributed by atoms with E-state index in [4.69, 9.17) is 4.74 Å². The molecule has 1 aliphatic rings. The summed E-state index contributed by atoms with van der Waals surface area (Å²) in [6, 6.07) is 7.85. The highest BCUT2D eigenvalue weighted by Gasteiger charge is 2.27. The average Bonchev–Trinajstić information content (AvgIpc) is 3.11. The number of carbonyl (C=O) groups is 1. The molecule has 3 aromatic rings. The van der Waals surface area contributed by atoms with Crippen molar-refractivity contribution in [3.63, 3.8) is 0 Å². The van der Waals surface area contributed by atoms with Gasteiger partial charge in [0, 0.05) is 43.6 Å². The summed E-state index contributed by atoms with van der Waals surface area (Å²) in [5.74, 6) is 0.528. The van der Waals surface area contributed by atoms with Crippen LogP contribution in [0.3, 0.4) is 0 Å². The van der Waals surface area contributed by atoms with E-state index >= 15 is 0 Å². The minimum absolute atomic E-state index is 0.0890. The van der Waals surface area contributed by atoms with Crippen molar-refractivity contribution in [1.29, 1.82) is 0 Å². The van der Waals surface area contributed by atoms with Gasteiger partial charge < -0.3 is 19.5 Å². The number of hydrogen-bond acceptors (Lipinski definition) is 6. The van der Waals surface area contributed by atoms with Gasteiger partial charge in [0.05, 0.1) is 13.3 Å². The standard InChI is InChI=1S/C18H20N6O3/c1-12-11-24-16(17(25)19-12)15(20-21-24)18(26)23-8-6-22(7-9-23)13-4-3-5-14(10-13)27-2/h3-5,10-11H,6-9H2,1-2H3,(H,19,25). The molecule has 0 bridgehead atoms. The van der Waals surface area contributed by atoms with Crippen LogP contribution >= 0.6 is 0 Å². The molecule has 1 amide bonds. The summed E-state index contributed by atoms with van der Waals surface area (Å²) in [5.41, 5.74) is 1.62. The maximum absolute atomic E-state index is 12.9. The van der Waals surface area contributed by atoms with Crippen LogP contribution in [0.15, 0.2) is 35.3 Å². The van der Waals surface area contributed by atoms with E-state index in [2.05, 4.69) is 20.2 Å². The number of carbonyl (C=O) groups excluding carboxylic acids is 1. The first-order valence-corrected chi connectivity index (χ1v) is 8.70. The number of H-pyrrole nitrogens is 1. The smallest absolute Gasteiger partial charge is 0.277 e. The van der Waals surface area contributed by atoms with Gasteiger partial charge >= 0.3 is 0 Å². The first-order chi connectivity index (χ1) is 13.1. The van der Waals surface area contributed by atoms with Gasteiger partial charge in [0.2, 0.25) is 0 Å². The van der Waals surface area contributed by atoms with E-state index in [-0.39, 0.29) is 22.7 Å². The molecule has 0 unspecified atom stereocenters. The molecule has 3 heterocycles. The molecule has 0 atom stereocenters. The lowest BCUT2D eigenvalue weighted by Gasteiger charge is -2.35. The van der Waals surface area contributed by atoms with Crippen molar-refractivity contribution in [1.82, 2.24) is 24.7 Å². The number of ether oxygens (including phenoxy) is 1. The summed E-state index contributed by atoms with van der Waals surface area (Å²) >= 11 is 0. The molecule has 0 spiro atoms. The van der Waals surface area contributed by atoms with E-state index in [0.717, 1.165) is 11.4 Å². The van der Waals surface area contributed by atoms with Crippen molar-refractivity contribution in [3.8, 4) is 5.75 Å². The number of nitrogens with one attached hydrogen (secondary N) is 1. The van der Waals surface area contributed by atoms with Crippen LogP contribution in [-0.4, -0.2) is 63.9 Å². The Morgan fingerprint density at radius 2 is 2.00 bits per heavy atom. The summed E-state index contributed by atoms with van der Waals surface area (Å²) in [6.45, 7) is 4.21. The van der Waals surface area contributed by atoms with Crippen LogP contribution < -0.4 is 15.2 Å². The van der Waals surface area contributed by atoms with Crippen LogP contribution in [0.5, 0.6) is 5.75 Å². The maximum Gasteiger partial charge on any atom is 0.277 e. The van der Waals surface area contributed by atoms with Gasteiger partial charge in [-0.15, -0.1) is 5.10 Å². The molecule has 0 radical (unpaired) electrons. The molecule has 0 aliphatic carbocycles. The van der Waals surface area contributed by atoms with Crippen LogP contribution in [0.25, 0.3) is 5.52 Å². The number of aryl methyl sites for hydroxylation is 1. The van der Waals surface area contributed by atoms with Crippen LogP contribution in [0.4, 0.5) is 5.69 Å². The normalized spacial score (nSPS) is 14.6. The largest absolute Gasteiger partial charge is 0.497 e. The van der Waals surface area contributed by atoms with Crippen LogP contribution in [0.2, 0.25) is 0 Å². The molecule has 1 fully saturated rings. The van der Waals surface area contributed by atoms with Gasteiger partial charge in [-0.3, -0.25) is 9.59 Å². The fraction of sp³-hybridized carbons (Fsp3) is 0.333. The fourth-order valence-electron chi connectivity index (χ4n) is 3.32. The average molecular weight is 368 g/mol. The molecule has 4 rings (SSSR count). The Hall–Kier alpha value is -3.36. The van der Waals surface area contributed by atoms with Gasteiger partial charge in [-0.05, 0) is 19.1 Å². The number of nitrogens with zero attached hydrogens (tertiary/aromatic N) is 5. The lowest BCUT2D eigenvalue weighted by Crippen LogP contribution is -2.49. The Bertz CT molecular complexity index is 1050. The molecular formula is C18H20N6O3. The quantitative estimate of drug-likeness (QED) is 0.731. The van der Waals surface area contributed by atoms with Crippen molar-refractivity contribution < 1.29 is 9.53 Å². The van der Waals surface area contributed by atoms with Crippen LogP contribution in [0, 0.1) is 6.92 Å². The predicted molar refractivity (Wildman–Crippen MR) is 99.5 cm³/mol. The zero-order valence-electron chi connectivity index (χ0n) is 15.2. The number of piperazine rings is 1. The molecular weight excluding hydrogens is 348 g/mol. The maximum atomic E-state index is 12.9. The van der Waals surface area contributed by atoms with Crippen LogP contribution in [-0.2, 0) is 0 Å². The SMILES string of the molecule is COc1cccc(N2CCN(C(=O)c3nnn4cc(C)[nH]c(=O)c34)CC2)c1. The monoisotopic (exact) mass is 368 g/mol. The summed E-state index contributed by atoms with van der Waals surface area (Å²) < 4.78 is 6.63. The molecule has 140 valence electrons. The summed E-state index contributed by atoms with van der Waals surface area (Å²) in [7, 11) is 1.64. The van der Waals surface area contributed by atoms with Crippen molar-refractivity contribution >= 4 is 17.1 Å². The van der Waals surface area contributed by atoms with Crippen molar-refractivity contribution in [2.24, 2.45) is 0 Å². The van der Waals surface area contributed by atoms with Gasteiger partial charge in [-0.25, -0.2) is 4.52 Å². The highest BCUT2D eigenvalue weighted by atomic mass is 16.5. The summed E-state index contributed by atoms with van der Waals surface area (Å²) in [5, 5.41) is 7.86. The molecule has 0 saturated carbocycles. The predicted octanol–water partition coefficient (Wildman–Crippen LogP) is 0.697. The summed E-state index contributed by atoms with van der Waals surface area (Å²) in [4.78, 5) is 31.7. The minimum Gasteiger partial charge on any atom is -0.497 e. The third-order valence-electron chi connectivity index (χ3n) is 4.72. The van der Waals surface area contributed by atoms with Gasteiger partial charge in [-0.1, -0.05) is 11.3 Å². The zero-order valence-corrected chi connectivity index (χ0v) is 15.2. The molecule has 1 aromatic carbocycles. The second kappa shape index (κ2) is 6.75. The number of benzene rings is 1. The first-order valence-electron chi connectivity index (χ1n) is 8.70. The number of amides is 1. The second-order valence-electron chi connectivity index (χ2n) is 6.48. The van der Waals surface area contributed by atoms with E-state index in [1.807, 2.05) is 24.3 Å². The first kappa shape index (κ1) is 17.1. The van der Waals surface area contributed by atoms with E-state index in [9.17, 15) is 9.59 Å². The Labute approximate surface area is 155 Å². The zero-order chi connectivity index (χ0) is 19.0. The highest BCUT2D eigenvalue weighted by Crippen LogP contribution is 2.22. The van der Waals surface area contributed by atoms with E-state index < -0.39 is 0 Å². The molecule has 27 heavy (non-hydrogen) atoms. The number of rotatable bonds is 3. The van der Waals surface area contributed by atoms with Gasteiger partial charge in [-0.2, -0.15) is 0 Å². The highest BCUT2D eigenvalue weighted by molar-refractivity contribution is 5.98. The topological polar surface area (TPSA) is 95.8 Å². The second-order valence-corrected chi connectivity index (χ2v) is 6.48. The Balaban J connectivity index is 1.51. The Morgan fingerprint density at radius 3 is 2.74 bits per heavy atom. The molecule has 2 aromatic heterocycles. The Kier molecular flexibility index (Phi) is 4.27. The van der Waals surface area contributed by atoms with Gasteiger partial charge in [0.25, 0.3) is 11.5 Å². The summed E-state index contributed by atoms with van der Waals surface area (Å²) in [6.07, 6.45) is 1.64. The van der Waals surface area contributed by atoms with E-state index in [0.29, 0.717) is 31.9 Å². The fourth-order valence-corrected chi connectivity index (χ4v) is 3.32. The molecule has 9 nitrogen and oxygen atoms in total. The van der Waals surface area contributed by atoms with Gasteiger partial charge in [0.1, 0.15) is 5.75 Å². The lowest BCUT2D eigenvalue weighted by molar-refractivity contribution is 0.0742. The number of hydrogen-bond donors (Lipinski definition) is 1. The third kappa shape index (κ3) is 3.12. The Morgan fingerprint density at radius 1 is 1.22 bits per heavy atom. The van der Waals surface area contributed by atoms with Crippen molar-refractivity contribution in [2.75, 3.05) is 38.2 Å². The number of fused-ring (bicyclic) bond motifs is 1.